The Bertz CT molecular complexity index is 991. The van der Waals surface area contributed by atoms with Gasteiger partial charge >= 0.3 is 0 Å². The van der Waals surface area contributed by atoms with Crippen molar-refractivity contribution < 1.29 is 4.79 Å². The number of hydrogen-bond donors (Lipinski definition) is 1. The van der Waals surface area contributed by atoms with Crippen LogP contribution in [0, 0.1) is 5.92 Å². The lowest BCUT2D eigenvalue weighted by molar-refractivity contribution is -0.135. The third-order valence-electron chi connectivity index (χ3n) is 5.36. The minimum Gasteiger partial charge on any atom is -0.342 e. The molecular weight excluding hydrogens is 374 g/mol. The van der Waals surface area contributed by atoms with E-state index in [2.05, 4.69) is 10.3 Å². The van der Waals surface area contributed by atoms with Gasteiger partial charge in [-0.05, 0) is 37.1 Å². The van der Waals surface area contributed by atoms with Gasteiger partial charge in [-0.3, -0.25) is 9.78 Å². The molecule has 4 rings (SSSR count). The monoisotopic (exact) mass is 401 g/mol. The topological polar surface area (TPSA) is 71.0 Å². The van der Waals surface area contributed by atoms with Crippen LogP contribution in [-0.2, 0) is 4.79 Å². The fourth-order valence-electron chi connectivity index (χ4n) is 3.81. The lowest BCUT2D eigenvalue weighted by Gasteiger charge is -2.33. The van der Waals surface area contributed by atoms with Crippen molar-refractivity contribution in [2.45, 2.75) is 32.6 Å². The van der Waals surface area contributed by atoms with Gasteiger partial charge in [0.25, 0.3) is 0 Å². The van der Waals surface area contributed by atoms with Crippen LogP contribution < -0.4 is 5.32 Å². The number of likely N-dealkylation sites (tertiary alicyclic amines) is 1. The first-order chi connectivity index (χ1) is 14.6. The standard InChI is InChI=1S/C24H27N5O/c1-17(2)24(30)29-14-6-7-19(16-29)23-27-21(18-10-12-25-13-11-18)15-22(28-23)26-20-8-4-3-5-9-20/h3-5,8-13,15,17,19H,6-7,14,16H2,1-2H3,(H,26,27,28)/t19-/m0/s1. The molecule has 0 aliphatic carbocycles. The van der Waals surface area contributed by atoms with Crippen molar-refractivity contribution in [2.75, 3.05) is 18.4 Å². The third kappa shape index (κ3) is 4.64. The summed E-state index contributed by atoms with van der Waals surface area (Å²) in [5.74, 6) is 1.87. The maximum Gasteiger partial charge on any atom is 0.225 e. The van der Waals surface area contributed by atoms with Crippen LogP contribution >= 0.6 is 0 Å². The molecule has 2 aromatic heterocycles. The predicted molar refractivity (Wildman–Crippen MR) is 118 cm³/mol. The first kappa shape index (κ1) is 20.0. The Morgan fingerprint density at radius 3 is 2.60 bits per heavy atom. The molecule has 0 bridgehead atoms. The second-order valence-electron chi connectivity index (χ2n) is 8.00. The number of nitrogens with zero attached hydrogens (tertiary/aromatic N) is 4. The fourth-order valence-corrected chi connectivity index (χ4v) is 3.81. The molecule has 1 aromatic carbocycles. The van der Waals surface area contributed by atoms with E-state index in [1.165, 1.54) is 0 Å². The molecule has 6 heteroatoms. The molecule has 1 atom stereocenters. The van der Waals surface area contributed by atoms with Crippen molar-refractivity contribution in [3.63, 3.8) is 0 Å². The van der Waals surface area contributed by atoms with E-state index >= 15 is 0 Å². The number of carbonyl (C=O) groups excluding carboxylic acids is 1. The van der Waals surface area contributed by atoms with E-state index < -0.39 is 0 Å². The molecule has 3 heterocycles. The molecular formula is C24H27N5O. The Labute approximate surface area is 177 Å². The second kappa shape index (κ2) is 9.03. The molecule has 0 spiro atoms. The third-order valence-corrected chi connectivity index (χ3v) is 5.36. The van der Waals surface area contributed by atoms with Crippen LogP contribution in [0.3, 0.4) is 0 Å². The van der Waals surface area contributed by atoms with E-state index in [1.807, 2.05) is 67.3 Å². The van der Waals surface area contributed by atoms with Gasteiger partial charge in [-0.25, -0.2) is 9.97 Å². The average Bonchev–Trinajstić information content (AvgIpc) is 2.79. The molecule has 0 saturated carbocycles. The number of amides is 1. The van der Waals surface area contributed by atoms with Gasteiger partial charge < -0.3 is 10.2 Å². The molecule has 0 radical (unpaired) electrons. The number of nitrogens with one attached hydrogen (secondary N) is 1. The highest BCUT2D eigenvalue weighted by Gasteiger charge is 2.28. The van der Waals surface area contributed by atoms with Gasteiger partial charge in [0, 0.05) is 54.6 Å². The van der Waals surface area contributed by atoms with Crippen molar-refractivity contribution >= 4 is 17.4 Å². The number of aromatic nitrogens is 3. The highest BCUT2D eigenvalue weighted by Crippen LogP contribution is 2.29. The van der Waals surface area contributed by atoms with E-state index in [-0.39, 0.29) is 17.7 Å². The molecule has 1 saturated heterocycles. The molecule has 1 fully saturated rings. The minimum atomic E-state index is 0.00290. The molecule has 1 N–H and O–H groups in total. The molecule has 154 valence electrons. The number of pyridine rings is 1. The van der Waals surface area contributed by atoms with E-state index in [4.69, 9.17) is 9.97 Å². The average molecular weight is 402 g/mol. The molecule has 1 aliphatic heterocycles. The lowest BCUT2D eigenvalue weighted by Crippen LogP contribution is -2.41. The minimum absolute atomic E-state index is 0.00290. The fraction of sp³-hybridized carbons (Fsp3) is 0.333. The van der Waals surface area contributed by atoms with Crippen molar-refractivity contribution in [3.8, 4) is 11.3 Å². The van der Waals surface area contributed by atoms with Crippen molar-refractivity contribution in [3.05, 3.63) is 66.7 Å². The Morgan fingerprint density at radius 1 is 1.10 bits per heavy atom. The van der Waals surface area contributed by atoms with Crippen LogP contribution in [0.5, 0.6) is 0 Å². The smallest absolute Gasteiger partial charge is 0.225 e. The zero-order valence-corrected chi connectivity index (χ0v) is 17.5. The van der Waals surface area contributed by atoms with Gasteiger partial charge in [-0.2, -0.15) is 0 Å². The summed E-state index contributed by atoms with van der Waals surface area (Å²) in [6.07, 6.45) is 5.48. The highest BCUT2D eigenvalue weighted by molar-refractivity contribution is 5.78. The zero-order valence-electron chi connectivity index (χ0n) is 17.5. The predicted octanol–water partition coefficient (Wildman–Crippen LogP) is 4.64. The Hall–Kier alpha value is -3.28. The Morgan fingerprint density at radius 2 is 1.87 bits per heavy atom. The van der Waals surface area contributed by atoms with E-state index in [0.717, 1.165) is 48.0 Å². The number of benzene rings is 1. The van der Waals surface area contributed by atoms with Gasteiger partial charge in [0.1, 0.15) is 11.6 Å². The van der Waals surface area contributed by atoms with Gasteiger partial charge in [0.05, 0.1) is 5.69 Å². The molecule has 3 aromatic rings. The highest BCUT2D eigenvalue weighted by atomic mass is 16.2. The number of hydrogen-bond acceptors (Lipinski definition) is 5. The normalized spacial score (nSPS) is 16.5. The lowest BCUT2D eigenvalue weighted by atomic mass is 9.96. The number of piperidine rings is 1. The SMILES string of the molecule is CC(C)C(=O)N1CCC[C@H](c2nc(Nc3ccccc3)cc(-c3ccncc3)n2)C1. The number of anilines is 2. The van der Waals surface area contributed by atoms with Gasteiger partial charge in [0.2, 0.25) is 5.91 Å². The van der Waals surface area contributed by atoms with E-state index in [0.29, 0.717) is 6.54 Å². The number of carbonyl (C=O) groups is 1. The first-order valence-corrected chi connectivity index (χ1v) is 10.5. The number of rotatable bonds is 5. The Kier molecular flexibility index (Phi) is 6.02. The summed E-state index contributed by atoms with van der Waals surface area (Å²) in [5, 5.41) is 3.40. The van der Waals surface area contributed by atoms with Crippen LogP contribution in [0.25, 0.3) is 11.3 Å². The first-order valence-electron chi connectivity index (χ1n) is 10.5. The summed E-state index contributed by atoms with van der Waals surface area (Å²) < 4.78 is 0. The molecule has 0 unspecified atom stereocenters. The summed E-state index contributed by atoms with van der Waals surface area (Å²) in [6, 6.07) is 15.9. The van der Waals surface area contributed by atoms with Crippen LogP contribution in [0.15, 0.2) is 60.9 Å². The molecule has 1 amide bonds. The largest absolute Gasteiger partial charge is 0.342 e. The van der Waals surface area contributed by atoms with Gasteiger partial charge in [0.15, 0.2) is 0 Å². The van der Waals surface area contributed by atoms with Gasteiger partial charge in [-0.1, -0.05) is 32.0 Å². The maximum atomic E-state index is 12.5. The summed E-state index contributed by atoms with van der Waals surface area (Å²) >= 11 is 0. The quantitative estimate of drug-likeness (QED) is 0.674. The van der Waals surface area contributed by atoms with Crippen LogP contribution in [0.4, 0.5) is 11.5 Å². The molecule has 6 nitrogen and oxygen atoms in total. The summed E-state index contributed by atoms with van der Waals surface area (Å²) in [5.41, 5.74) is 2.83. The van der Waals surface area contributed by atoms with Crippen molar-refractivity contribution in [1.29, 1.82) is 0 Å². The summed E-state index contributed by atoms with van der Waals surface area (Å²) in [4.78, 5) is 28.3. The van der Waals surface area contributed by atoms with E-state index in [9.17, 15) is 4.79 Å². The maximum absolute atomic E-state index is 12.5. The summed E-state index contributed by atoms with van der Waals surface area (Å²) in [7, 11) is 0. The van der Waals surface area contributed by atoms with Crippen LogP contribution in [0.1, 0.15) is 38.4 Å². The van der Waals surface area contributed by atoms with Crippen molar-refractivity contribution in [2.24, 2.45) is 5.92 Å². The van der Waals surface area contributed by atoms with Crippen LogP contribution in [-0.4, -0.2) is 38.8 Å². The zero-order chi connectivity index (χ0) is 20.9. The second-order valence-corrected chi connectivity index (χ2v) is 8.00. The van der Waals surface area contributed by atoms with E-state index in [1.54, 1.807) is 12.4 Å². The Balaban J connectivity index is 1.67. The molecule has 30 heavy (non-hydrogen) atoms. The van der Waals surface area contributed by atoms with Crippen LogP contribution in [0.2, 0.25) is 0 Å². The molecule has 1 aliphatic rings. The van der Waals surface area contributed by atoms with Crippen molar-refractivity contribution in [1.82, 2.24) is 19.9 Å². The number of para-hydroxylation sites is 1. The summed E-state index contributed by atoms with van der Waals surface area (Å²) in [6.45, 7) is 5.39. The van der Waals surface area contributed by atoms with Gasteiger partial charge in [-0.15, -0.1) is 0 Å².